The van der Waals surface area contributed by atoms with Crippen LogP contribution in [0.15, 0.2) is 47.4 Å². The molecular formula is C16H18ClNO2S. The van der Waals surface area contributed by atoms with Crippen molar-refractivity contribution in [2.24, 2.45) is 0 Å². The summed E-state index contributed by atoms with van der Waals surface area (Å²) in [6, 6.07) is 12.1. The number of hydrogen-bond donors (Lipinski definition) is 1. The van der Waals surface area contributed by atoms with Gasteiger partial charge in [-0.15, -0.1) is 0 Å². The van der Waals surface area contributed by atoms with Gasteiger partial charge in [0.25, 0.3) is 0 Å². The molecular weight excluding hydrogens is 306 g/mol. The van der Waals surface area contributed by atoms with Crippen molar-refractivity contribution in [3.8, 4) is 0 Å². The number of nitrogens with one attached hydrogen (secondary N) is 1. The average molecular weight is 324 g/mol. The molecule has 0 aliphatic rings. The summed E-state index contributed by atoms with van der Waals surface area (Å²) in [6.45, 7) is 5.53. The first kappa shape index (κ1) is 16.0. The van der Waals surface area contributed by atoms with Crippen molar-refractivity contribution in [1.82, 2.24) is 4.72 Å². The largest absolute Gasteiger partial charge is 0.241 e. The van der Waals surface area contributed by atoms with Crippen LogP contribution < -0.4 is 4.72 Å². The first-order chi connectivity index (χ1) is 9.79. The number of hydrogen-bond acceptors (Lipinski definition) is 2. The molecule has 5 heteroatoms. The van der Waals surface area contributed by atoms with Crippen LogP contribution in [0, 0.1) is 13.8 Å². The Morgan fingerprint density at radius 2 is 1.81 bits per heavy atom. The molecule has 0 spiro atoms. The van der Waals surface area contributed by atoms with E-state index in [0.29, 0.717) is 9.92 Å². The van der Waals surface area contributed by atoms with Crippen LogP contribution in [0.1, 0.15) is 29.7 Å². The molecule has 1 unspecified atom stereocenters. The van der Waals surface area contributed by atoms with E-state index in [9.17, 15) is 8.42 Å². The van der Waals surface area contributed by atoms with Crippen LogP contribution in [0.3, 0.4) is 0 Å². The van der Waals surface area contributed by atoms with Gasteiger partial charge in [-0.25, -0.2) is 13.1 Å². The Kier molecular flexibility index (Phi) is 4.71. The molecule has 0 heterocycles. The van der Waals surface area contributed by atoms with Gasteiger partial charge in [-0.2, -0.15) is 0 Å². The highest BCUT2D eigenvalue weighted by molar-refractivity contribution is 7.89. The summed E-state index contributed by atoms with van der Waals surface area (Å²) in [5.74, 6) is 0. The van der Waals surface area contributed by atoms with Crippen LogP contribution in [0.25, 0.3) is 0 Å². The standard InChI is InChI=1S/C16H18ClNO2S/c1-11-7-8-16(12(2)9-11)21(19,20)18-13(3)14-5-4-6-15(17)10-14/h4-10,13,18H,1-3H3. The molecule has 21 heavy (non-hydrogen) atoms. The molecule has 0 saturated heterocycles. The van der Waals surface area contributed by atoms with Crippen molar-refractivity contribution >= 4 is 21.6 Å². The van der Waals surface area contributed by atoms with E-state index < -0.39 is 10.0 Å². The normalized spacial score (nSPS) is 13.1. The third-order valence-corrected chi connectivity index (χ3v) is 5.24. The zero-order chi connectivity index (χ0) is 15.6. The van der Waals surface area contributed by atoms with Gasteiger partial charge in [-0.1, -0.05) is 41.4 Å². The first-order valence-corrected chi connectivity index (χ1v) is 8.51. The Hall–Kier alpha value is -1.36. The highest BCUT2D eigenvalue weighted by Gasteiger charge is 2.20. The molecule has 0 fully saturated rings. The smallest absolute Gasteiger partial charge is 0.207 e. The van der Waals surface area contributed by atoms with E-state index in [-0.39, 0.29) is 6.04 Å². The zero-order valence-corrected chi connectivity index (χ0v) is 13.8. The lowest BCUT2D eigenvalue weighted by molar-refractivity contribution is 0.566. The van der Waals surface area contributed by atoms with Gasteiger partial charge in [0.15, 0.2) is 0 Å². The number of halogens is 1. The van der Waals surface area contributed by atoms with E-state index in [1.165, 1.54) is 0 Å². The molecule has 3 nitrogen and oxygen atoms in total. The molecule has 1 N–H and O–H groups in total. The fourth-order valence-corrected chi connectivity index (χ4v) is 3.90. The molecule has 0 aromatic heterocycles. The predicted molar refractivity (Wildman–Crippen MR) is 86.1 cm³/mol. The number of benzene rings is 2. The fourth-order valence-electron chi connectivity index (χ4n) is 2.24. The van der Waals surface area contributed by atoms with Crippen LogP contribution in [0.4, 0.5) is 0 Å². The molecule has 2 aromatic rings. The number of aryl methyl sites for hydroxylation is 2. The van der Waals surface area contributed by atoms with Gasteiger partial charge in [0, 0.05) is 11.1 Å². The topological polar surface area (TPSA) is 46.2 Å². The van der Waals surface area contributed by atoms with Gasteiger partial charge in [-0.3, -0.25) is 0 Å². The second-order valence-electron chi connectivity index (χ2n) is 5.17. The minimum atomic E-state index is -3.56. The zero-order valence-electron chi connectivity index (χ0n) is 12.2. The number of sulfonamides is 1. The molecule has 112 valence electrons. The lowest BCUT2D eigenvalue weighted by atomic mass is 10.1. The summed E-state index contributed by atoms with van der Waals surface area (Å²) in [6.07, 6.45) is 0. The highest BCUT2D eigenvalue weighted by Crippen LogP contribution is 2.22. The molecule has 0 amide bonds. The lowest BCUT2D eigenvalue weighted by Crippen LogP contribution is -2.27. The minimum absolute atomic E-state index is 0.307. The van der Waals surface area contributed by atoms with E-state index in [1.54, 1.807) is 44.2 Å². The third kappa shape index (κ3) is 3.84. The van der Waals surface area contributed by atoms with E-state index in [0.717, 1.165) is 16.7 Å². The molecule has 0 aliphatic heterocycles. The maximum absolute atomic E-state index is 12.5. The van der Waals surface area contributed by atoms with E-state index in [1.807, 2.05) is 19.1 Å². The van der Waals surface area contributed by atoms with E-state index in [4.69, 9.17) is 11.6 Å². The summed E-state index contributed by atoms with van der Waals surface area (Å²) in [7, 11) is -3.56. The average Bonchev–Trinajstić information content (AvgIpc) is 2.37. The van der Waals surface area contributed by atoms with E-state index >= 15 is 0 Å². The van der Waals surface area contributed by atoms with Crippen LogP contribution in [0.5, 0.6) is 0 Å². The van der Waals surface area contributed by atoms with E-state index in [2.05, 4.69) is 4.72 Å². The molecule has 0 bridgehead atoms. The maximum Gasteiger partial charge on any atom is 0.241 e. The van der Waals surface area contributed by atoms with Gasteiger partial charge in [0.2, 0.25) is 10.0 Å². The summed E-state index contributed by atoms with van der Waals surface area (Å²) >= 11 is 5.94. The molecule has 2 aromatic carbocycles. The highest BCUT2D eigenvalue weighted by atomic mass is 35.5. The van der Waals surface area contributed by atoms with Crippen LogP contribution in [0.2, 0.25) is 5.02 Å². The Balaban J connectivity index is 2.29. The van der Waals surface area contributed by atoms with Crippen molar-refractivity contribution in [1.29, 1.82) is 0 Å². The van der Waals surface area contributed by atoms with Gasteiger partial charge in [0.05, 0.1) is 4.90 Å². The quantitative estimate of drug-likeness (QED) is 0.924. The molecule has 0 aliphatic carbocycles. The molecule has 0 saturated carbocycles. The van der Waals surface area contributed by atoms with Gasteiger partial charge < -0.3 is 0 Å². The SMILES string of the molecule is Cc1ccc(S(=O)(=O)NC(C)c2cccc(Cl)c2)c(C)c1. The summed E-state index contributed by atoms with van der Waals surface area (Å²) in [5.41, 5.74) is 2.60. The molecule has 0 radical (unpaired) electrons. The van der Waals surface area contributed by atoms with Crippen LogP contribution >= 0.6 is 11.6 Å². The second-order valence-corrected chi connectivity index (χ2v) is 7.29. The number of rotatable bonds is 4. The van der Waals surface area contributed by atoms with Gasteiger partial charge in [0.1, 0.15) is 0 Å². The monoisotopic (exact) mass is 323 g/mol. The lowest BCUT2D eigenvalue weighted by Gasteiger charge is -2.16. The van der Waals surface area contributed by atoms with Gasteiger partial charge in [-0.05, 0) is 50.1 Å². The Morgan fingerprint density at radius 1 is 1.10 bits per heavy atom. The minimum Gasteiger partial charge on any atom is -0.207 e. The van der Waals surface area contributed by atoms with Crippen molar-refractivity contribution < 1.29 is 8.42 Å². The Morgan fingerprint density at radius 3 is 2.43 bits per heavy atom. The fraction of sp³-hybridized carbons (Fsp3) is 0.250. The molecule has 2 rings (SSSR count). The van der Waals surface area contributed by atoms with Crippen molar-refractivity contribution in [3.05, 3.63) is 64.2 Å². The predicted octanol–water partition coefficient (Wildman–Crippen LogP) is 4.00. The first-order valence-electron chi connectivity index (χ1n) is 6.64. The van der Waals surface area contributed by atoms with Crippen molar-refractivity contribution in [2.45, 2.75) is 31.7 Å². The van der Waals surface area contributed by atoms with Crippen molar-refractivity contribution in [3.63, 3.8) is 0 Å². The third-order valence-electron chi connectivity index (χ3n) is 3.30. The Labute approximate surface area is 131 Å². The summed E-state index contributed by atoms with van der Waals surface area (Å²) < 4.78 is 27.7. The summed E-state index contributed by atoms with van der Waals surface area (Å²) in [5, 5.41) is 0.588. The maximum atomic E-state index is 12.5. The Bertz CT molecular complexity index is 757. The van der Waals surface area contributed by atoms with Gasteiger partial charge >= 0.3 is 0 Å². The van der Waals surface area contributed by atoms with Crippen LogP contribution in [-0.4, -0.2) is 8.42 Å². The van der Waals surface area contributed by atoms with Crippen LogP contribution in [-0.2, 0) is 10.0 Å². The van der Waals surface area contributed by atoms with Crippen molar-refractivity contribution in [2.75, 3.05) is 0 Å². The molecule has 1 atom stereocenters. The second kappa shape index (κ2) is 6.18. The summed E-state index contributed by atoms with van der Waals surface area (Å²) in [4.78, 5) is 0.307.